The molecule has 0 spiro atoms. The van der Waals surface area contributed by atoms with E-state index in [2.05, 4.69) is 5.10 Å². The molecule has 0 bridgehead atoms. The van der Waals surface area contributed by atoms with Crippen LogP contribution < -0.4 is 0 Å². The number of hydrogen-bond acceptors (Lipinski definition) is 4. The van der Waals surface area contributed by atoms with Gasteiger partial charge in [-0.1, -0.05) is 0 Å². The highest BCUT2D eigenvalue weighted by atomic mass is 16.6. The van der Waals surface area contributed by atoms with Gasteiger partial charge in [0.1, 0.15) is 0 Å². The number of nitrogens with zero attached hydrogens (tertiary/aromatic N) is 4. The second-order valence-corrected chi connectivity index (χ2v) is 2.68. The van der Waals surface area contributed by atoms with Crippen molar-refractivity contribution < 1.29 is 4.92 Å². The molecule has 6 nitrogen and oxygen atoms in total. The molecule has 0 N–H and O–H groups in total. The van der Waals surface area contributed by atoms with Crippen molar-refractivity contribution in [3.63, 3.8) is 0 Å². The molecule has 0 saturated carbocycles. The Morgan fingerprint density at radius 2 is 2.62 bits per heavy atom. The van der Waals surface area contributed by atoms with Crippen LogP contribution in [0.25, 0.3) is 0 Å². The molecule has 0 aliphatic carbocycles. The molecule has 0 aliphatic rings. The quantitative estimate of drug-likeness (QED) is 0.512. The van der Waals surface area contributed by atoms with Gasteiger partial charge in [-0.2, -0.15) is 9.94 Å². The largest absolute Gasteiger partial charge is 0.389 e. The predicted molar refractivity (Wildman–Crippen MR) is 43.7 cm³/mol. The van der Waals surface area contributed by atoms with Crippen molar-refractivity contribution in [2.45, 2.75) is 13.5 Å². The topological polar surface area (TPSA) is 84.8 Å². The summed E-state index contributed by atoms with van der Waals surface area (Å²) in [6, 6.07) is 3.33. The molecular weight excluding hydrogens is 172 g/mol. The minimum Gasteiger partial charge on any atom is -0.358 e. The summed E-state index contributed by atoms with van der Waals surface area (Å²) in [6.45, 7) is 2.11. The highest BCUT2D eigenvalue weighted by Crippen LogP contribution is 2.06. The van der Waals surface area contributed by atoms with Crippen molar-refractivity contribution >= 4 is 5.82 Å². The Hall–Kier alpha value is -1.90. The van der Waals surface area contributed by atoms with Crippen molar-refractivity contribution in [3.05, 3.63) is 22.4 Å². The average molecular weight is 180 g/mol. The van der Waals surface area contributed by atoms with Crippen molar-refractivity contribution in [1.29, 1.82) is 5.26 Å². The van der Waals surface area contributed by atoms with E-state index in [0.29, 0.717) is 6.54 Å². The summed E-state index contributed by atoms with van der Waals surface area (Å²) in [5, 5.41) is 22.4. The molecule has 0 saturated heterocycles. The molecule has 0 fully saturated rings. The lowest BCUT2D eigenvalue weighted by atomic mass is 10.2. The van der Waals surface area contributed by atoms with Crippen LogP contribution in [0.3, 0.4) is 0 Å². The third kappa shape index (κ3) is 2.27. The van der Waals surface area contributed by atoms with Gasteiger partial charge in [0.2, 0.25) is 0 Å². The van der Waals surface area contributed by atoms with Gasteiger partial charge < -0.3 is 10.1 Å². The van der Waals surface area contributed by atoms with Crippen LogP contribution in [0.4, 0.5) is 5.82 Å². The zero-order chi connectivity index (χ0) is 9.84. The van der Waals surface area contributed by atoms with Crippen LogP contribution in [0, 0.1) is 27.4 Å². The maximum atomic E-state index is 10.2. The van der Waals surface area contributed by atoms with E-state index in [1.165, 1.54) is 16.9 Å². The van der Waals surface area contributed by atoms with Gasteiger partial charge in [-0.15, -0.1) is 0 Å². The standard InChI is InChI=1S/C7H8N4O2/c1-6(4-8)5-10-3-2-7(9-10)11(12)13/h2-3,6H,5H2,1H3. The second-order valence-electron chi connectivity index (χ2n) is 2.68. The van der Waals surface area contributed by atoms with Crippen LogP contribution in [0.5, 0.6) is 0 Å². The van der Waals surface area contributed by atoms with E-state index < -0.39 is 4.92 Å². The number of hydrogen-bond donors (Lipinski definition) is 0. The first-order chi connectivity index (χ1) is 6.13. The SMILES string of the molecule is CC(C#N)Cn1ccc([N+](=O)[O-])n1. The molecule has 0 aliphatic heterocycles. The molecule has 1 aromatic rings. The Kier molecular flexibility index (Phi) is 2.59. The Morgan fingerprint density at radius 3 is 3.08 bits per heavy atom. The predicted octanol–water partition coefficient (Wildman–Crippen LogP) is 0.951. The monoisotopic (exact) mass is 180 g/mol. The van der Waals surface area contributed by atoms with Gasteiger partial charge in [0, 0.05) is 0 Å². The van der Waals surface area contributed by atoms with Crippen molar-refractivity contribution in [1.82, 2.24) is 9.78 Å². The van der Waals surface area contributed by atoms with Crippen LogP contribution in [-0.2, 0) is 6.54 Å². The van der Waals surface area contributed by atoms with Gasteiger partial charge in [0.25, 0.3) is 0 Å². The molecule has 1 heterocycles. The Labute approximate surface area is 74.5 Å². The summed E-state index contributed by atoms with van der Waals surface area (Å²) in [5.41, 5.74) is 0. The molecule has 1 atom stereocenters. The Morgan fingerprint density at radius 1 is 1.92 bits per heavy atom. The molecule has 1 rings (SSSR count). The summed E-state index contributed by atoms with van der Waals surface area (Å²) in [4.78, 5) is 9.67. The number of nitriles is 1. The molecule has 1 unspecified atom stereocenters. The van der Waals surface area contributed by atoms with Crippen LogP contribution in [0.15, 0.2) is 12.3 Å². The van der Waals surface area contributed by atoms with E-state index in [1.54, 1.807) is 6.92 Å². The third-order valence-electron chi connectivity index (χ3n) is 1.49. The van der Waals surface area contributed by atoms with Crippen LogP contribution in [0.2, 0.25) is 0 Å². The number of aromatic nitrogens is 2. The van der Waals surface area contributed by atoms with Gasteiger partial charge in [0.05, 0.1) is 35.9 Å². The van der Waals surface area contributed by atoms with E-state index in [4.69, 9.17) is 5.26 Å². The van der Waals surface area contributed by atoms with E-state index >= 15 is 0 Å². The van der Waals surface area contributed by atoms with E-state index in [-0.39, 0.29) is 11.7 Å². The van der Waals surface area contributed by atoms with Gasteiger partial charge >= 0.3 is 5.82 Å². The Bertz CT molecular complexity index is 352. The maximum Gasteiger partial charge on any atom is 0.389 e. The molecular formula is C7H8N4O2. The van der Waals surface area contributed by atoms with Crippen molar-refractivity contribution in [3.8, 4) is 6.07 Å². The summed E-state index contributed by atoms with van der Waals surface area (Å²) < 4.78 is 1.39. The average Bonchev–Trinajstić information content (AvgIpc) is 2.52. The van der Waals surface area contributed by atoms with E-state index in [9.17, 15) is 10.1 Å². The molecule has 6 heteroatoms. The summed E-state index contributed by atoms with van der Waals surface area (Å²) in [5.74, 6) is -0.385. The first-order valence-corrected chi connectivity index (χ1v) is 3.71. The Balaban J connectivity index is 2.70. The number of nitro groups is 1. The van der Waals surface area contributed by atoms with Crippen molar-refractivity contribution in [2.75, 3.05) is 0 Å². The van der Waals surface area contributed by atoms with Gasteiger partial charge in [-0.05, 0) is 11.8 Å². The van der Waals surface area contributed by atoms with Crippen LogP contribution in [-0.4, -0.2) is 14.7 Å². The molecule has 13 heavy (non-hydrogen) atoms. The zero-order valence-electron chi connectivity index (χ0n) is 7.04. The van der Waals surface area contributed by atoms with Crippen LogP contribution in [0.1, 0.15) is 6.92 Å². The zero-order valence-corrected chi connectivity index (χ0v) is 7.04. The molecule has 0 aromatic carbocycles. The molecule has 0 radical (unpaired) electrons. The lowest BCUT2D eigenvalue weighted by Gasteiger charge is -1.96. The lowest BCUT2D eigenvalue weighted by molar-refractivity contribution is -0.389. The van der Waals surface area contributed by atoms with Gasteiger partial charge in [-0.3, -0.25) is 0 Å². The van der Waals surface area contributed by atoms with Crippen LogP contribution >= 0.6 is 0 Å². The first kappa shape index (κ1) is 9.19. The fraction of sp³-hybridized carbons (Fsp3) is 0.429. The fourth-order valence-electron chi connectivity index (χ4n) is 0.871. The van der Waals surface area contributed by atoms with Crippen molar-refractivity contribution in [2.24, 2.45) is 5.92 Å². The maximum absolute atomic E-state index is 10.2. The van der Waals surface area contributed by atoms with Gasteiger partial charge in [-0.25, -0.2) is 0 Å². The number of rotatable bonds is 3. The lowest BCUT2D eigenvalue weighted by Crippen LogP contribution is -2.06. The minimum atomic E-state index is -0.562. The van der Waals surface area contributed by atoms with E-state index in [0.717, 1.165) is 0 Å². The molecule has 1 aromatic heterocycles. The first-order valence-electron chi connectivity index (χ1n) is 3.71. The summed E-state index contributed by atoms with van der Waals surface area (Å²) >= 11 is 0. The summed E-state index contributed by atoms with van der Waals surface area (Å²) in [6.07, 6.45) is 1.49. The minimum absolute atomic E-state index is 0.190. The second kappa shape index (κ2) is 3.67. The van der Waals surface area contributed by atoms with E-state index in [1.807, 2.05) is 6.07 Å². The third-order valence-corrected chi connectivity index (χ3v) is 1.49. The van der Waals surface area contributed by atoms with Gasteiger partial charge in [0.15, 0.2) is 0 Å². The smallest absolute Gasteiger partial charge is 0.358 e. The summed E-state index contributed by atoms with van der Waals surface area (Å²) in [7, 11) is 0. The fourth-order valence-corrected chi connectivity index (χ4v) is 0.871. The molecule has 68 valence electrons. The highest BCUT2D eigenvalue weighted by Gasteiger charge is 2.12. The molecule has 0 amide bonds. The normalized spacial score (nSPS) is 12.0. The highest BCUT2D eigenvalue weighted by molar-refractivity contribution is 5.14.